The quantitative estimate of drug-likeness (QED) is 0.421. The first-order valence-corrected chi connectivity index (χ1v) is 9.59. The molecular formula is C22H23F2N5O. The molecule has 0 aliphatic heterocycles. The molecule has 1 amide bonds. The molecule has 3 rings (SSSR count). The van der Waals surface area contributed by atoms with Crippen LogP contribution >= 0.6 is 0 Å². The molecular weight excluding hydrogens is 388 g/mol. The third-order valence-electron chi connectivity index (χ3n) is 4.60. The van der Waals surface area contributed by atoms with Crippen LogP contribution in [0.2, 0.25) is 0 Å². The molecule has 156 valence electrons. The lowest BCUT2D eigenvalue weighted by Crippen LogP contribution is -2.38. The van der Waals surface area contributed by atoms with Gasteiger partial charge in [0.05, 0.1) is 5.69 Å². The zero-order valence-electron chi connectivity index (χ0n) is 17.0. The molecule has 1 heterocycles. The first-order valence-electron chi connectivity index (χ1n) is 9.59. The van der Waals surface area contributed by atoms with Crippen LogP contribution in [-0.2, 0) is 0 Å². The molecule has 0 fully saturated rings. The predicted molar refractivity (Wildman–Crippen MR) is 113 cm³/mol. The second-order valence-electron chi connectivity index (χ2n) is 6.98. The number of nitrogens with zero attached hydrogens (tertiary/aromatic N) is 2. The maximum absolute atomic E-state index is 13.9. The topological polar surface area (TPSA) is 82.2 Å². The number of rotatable bonds is 5. The highest BCUT2D eigenvalue weighted by Gasteiger charge is 2.12. The van der Waals surface area contributed by atoms with Gasteiger partial charge in [0, 0.05) is 23.2 Å². The lowest BCUT2D eigenvalue weighted by Gasteiger charge is -2.15. The second-order valence-corrected chi connectivity index (χ2v) is 6.98. The van der Waals surface area contributed by atoms with Gasteiger partial charge < -0.3 is 10.6 Å². The Morgan fingerprint density at radius 1 is 1.17 bits per heavy atom. The number of amides is 1. The summed E-state index contributed by atoms with van der Waals surface area (Å²) in [5, 5.41) is 13.1. The van der Waals surface area contributed by atoms with E-state index in [0.717, 1.165) is 6.42 Å². The number of halogens is 2. The van der Waals surface area contributed by atoms with Crippen molar-refractivity contribution < 1.29 is 13.6 Å². The first kappa shape index (κ1) is 21.2. The Morgan fingerprint density at radius 2 is 1.90 bits per heavy atom. The highest BCUT2D eigenvalue weighted by Crippen LogP contribution is 2.22. The summed E-state index contributed by atoms with van der Waals surface area (Å²) in [5.41, 5.74) is 1.99. The molecule has 3 N–H and O–H groups in total. The van der Waals surface area contributed by atoms with Crippen molar-refractivity contribution in [1.29, 1.82) is 0 Å². The highest BCUT2D eigenvalue weighted by atomic mass is 19.1. The van der Waals surface area contributed by atoms with E-state index in [2.05, 4.69) is 25.8 Å². The van der Waals surface area contributed by atoms with Gasteiger partial charge in [-0.1, -0.05) is 19.1 Å². The van der Waals surface area contributed by atoms with Gasteiger partial charge in [-0.05, 0) is 56.2 Å². The number of aromatic nitrogens is 2. The highest BCUT2D eigenvalue weighted by molar-refractivity contribution is 6.06. The number of carbonyl (C=O) groups is 1. The molecule has 0 radical (unpaired) electrons. The number of aromatic amines is 1. The number of guanidine groups is 1. The summed E-state index contributed by atoms with van der Waals surface area (Å²) >= 11 is 0. The minimum absolute atomic E-state index is 0.0471. The SMILES string of the molecule is CCC(C)N/C(=N/C(=O)c1ccc(F)cc1)Nc1cc(-c2ccc(C)c(F)c2)n[nH]1. The molecule has 0 saturated heterocycles. The van der Waals surface area contributed by atoms with Crippen LogP contribution in [0, 0.1) is 18.6 Å². The van der Waals surface area contributed by atoms with Gasteiger partial charge in [0.2, 0.25) is 5.96 Å². The fourth-order valence-electron chi connectivity index (χ4n) is 2.60. The number of hydrogen-bond donors (Lipinski definition) is 3. The molecule has 0 aliphatic carbocycles. The summed E-state index contributed by atoms with van der Waals surface area (Å²) in [5.74, 6) is -0.551. The Kier molecular flexibility index (Phi) is 6.56. The van der Waals surface area contributed by atoms with E-state index in [9.17, 15) is 13.6 Å². The largest absolute Gasteiger partial charge is 0.353 e. The van der Waals surface area contributed by atoms with Gasteiger partial charge in [-0.25, -0.2) is 8.78 Å². The van der Waals surface area contributed by atoms with E-state index in [1.165, 1.54) is 30.3 Å². The number of H-pyrrole nitrogens is 1. The lowest BCUT2D eigenvalue weighted by molar-refractivity contribution is 0.100. The van der Waals surface area contributed by atoms with Gasteiger partial charge in [0.1, 0.15) is 17.5 Å². The molecule has 2 aromatic carbocycles. The number of carbonyl (C=O) groups excluding carboxylic acids is 1. The molecule has 6 nitrogen and oxygen atoms in total. The molecule has 0 spiro atoms. The fraction of sp³-hybridized carbons (Fsp3) is 0.227. The number of nitrogens with one attached hydrogen (secondary N) is 3. The summed E-state index contributed by atoms with van der Waals surface area (Å²) < 4.78 is 27.0. The van der Waals surface area contributed by atoms with Crippen LogP contribution in [0.3, 0.4) is 0 Å². The minimum Gasteiger partial charge on any atom is -0.353 e. The van der Waals surface area contributed by atoms with Crippen molar-refractivity contribution in [1.82, 2.24) is 15.5 Å². The minimum atomic E-state index is -0.520. The van der Waals surface area contributed by atoms with E-state index in [0.29, 0.717) is 22.6 Å². The molecule has 8 heteroatoms. The van der Waals surface area contributed by atoms with Crippen molar-refractivity contribution in [3.63, 3.8) is 0 Å². The average molecular weight is 411 g/mol. The van der Waals surface area contributed by atoms with Crippen LogP contribution in [0.15, 0.2) is 53.5 Å². The smallest absolute Gasteiger partial charge is 0.280 e. The maximum atomic E-state index is 13.9. The Morgan fingerprint density at radius 3 is 2.57 bits per heavy atom. The molecule has 30 heavy (non-hydrogen) atoms. The van der Waals surface area contributed by atoms with Crippen molar-refractivity contribution in [2.75, 3.05) is 5.32 Å². The predicted octanol–water partition coefficient (Wildman–Crippen LogP) is 4.66. The molecule has 1 aromatic heterocycles. The Balaban J connectivity index is 1.83. The van der Waals surface area contributed by atoms with Crippen molar-refractivity contribution >= 4 is 17.7 Å². The van der Waals surface area contributed by atoms with Gasteiger partial charge in [0.15, 0.2) is 0 Å². The zero-order valence-corrected chi connectivity index (χ0v) is 17.0. The van der Waals surface area contributed by atoms with Crippen molar-refractivity contribution in [3.8, 4) is 11.3 Å². The van der Waals surface area contributed by atoms with Gasteiger partial charge in [0.25, 0.3) is 5.91 Å². The van der Waals surface area contributed by atoms with Crippen LogP contribution in [0.1, 0.15) is 36.2 Å². The average Bonchev–Trinajstić information content (AvgIpc) is 3.18. The summed E-state index contributed by atoms with van der Waals surface area (Å²) in [6.45, 7) is 5.64. The van der Waals surface area contributed by atoms with Crippen molar-refractivity contribution in [2.24, 2.45) is 4.99 Å². The van der Waals surface area contributed by atoms with Gasteiger partial charge >= 0.3 is 0 Å². The normalized spacial score (nSPS) is 12.5. The molecule has 0 saturated carbocycles. The first-order chi connectivity index (χ1) is 14.4. The summed E-state index contributed by atoms with van der Waals surface area (Å²) in [6.07, 6.45) is 0.808. The van der Waals surface area contributed by atoms with Crippen LogP contribution in [0.25, 0.3) is 11.3 Å². The van der Waals surface area contributed by atoms with E-state index in [1.54, 1.807) is 25.1 Å². The monoisotopic (exact) mass is 411 g/mol. The number of aliphatic imine (C=N–C) groups is 1. The molecule has 3 aromatic rings. The van der Waals surface area contributed by atoms with Crippen molar-refractivity contribution in [3.05, 3.63) is 71.3 Å². The zero-order chi connectivity index (χ0) is 21.7. The third-order valence-corrected chi connectivity index (χ3v) is 4.60. The summed E-state index contributed by atoms with van der Waals surface area (Å²) in [6, 6.07) is 11.8. The fourth-order valence-corrected chi connectivity index (χ4v) is 2.60. The molecule has 0 aliphatic rings. The van der Waals surface area contributed by atoms with Gasteiger partial charge in [-0.3, -0.25) is 9.89 Å². The van der Waals surface area contributed by atoms with Gasteiger partial charge in [-0.2, -0.15) is 10.1 Å². The van der Waals surface area contributed by atoms with E-state index in [4.69, 9.17) is 0 Å². The number of aryl methyl sites for hydroxylation is 1. The Labute approximate surface area is 173 Å². The van der Waals surface area contributed by atoms with Crippen LogP contribution in [0.5, 0.6) is 0 Å². The third kappa shape index (κ3) is 5.28. The number of hydrogen-bond acceptors (Lipinski definition) is 2. The Hall–Kier alpha value is -3.55. The Bertz CT molecular complexity index is 1060. The van der Waals surface area contributed by atoms with Crippen LogP contribution in [0.4, 0.5) is 14.6 Å². The van der Waals surface area contributed by atoms with Crippen molar-refractivity contribution in [2.45, 2.75) is 33.2 Å². The maximum Gasteiger partial charge on any atom is 0.280 e. The summed E-state index contributed by atoms with van der Waals surface area (Å²) in [4.78, 5) is 16.6. The summed E-state index contributed by atoms with van der Waals surface area (Å²) in [7, 11) is 0. The van der Waals surface area contributed by atoms with E-state index in [1.807, 2.05) is 13.8 Å². The lowest BCUT2D eigenvalue weighted by atomic mass is 10.1. The number of anilines is 1. The second kappa shape index (κ2) is 9.30. The number of benzene rings is 2. The molecule has 1 unspecified atom stereocenters. The standard InChI is InChI=1S/C22H23F2N5O/c1-4-14(3)25-22(27-21(30)15-7-9-17(23)10-8-15)26-20-12-19(28-29-20)16-6-5-13(2)18(24)11-16/h5-12,14H,4H2,1-3H3,(H3,25,26,27,28,29,30). The van der Waals surface area contributed by atoms with Crippen LogP contribution < -0.4 is 10.6 Å². The molecule has 1 atom stereocenters. The molecule has 0 bridgehead atoms. The van der Waals surface area contributed by atoms with Gasteiger partial charge in [-0.15, -0.1) is 0 Å². The van der Waals surface area contributed by atoms with E-state index >= 15 is 0 Å². The van der Waals surface area contributed by atoms with Crippen LogP contribution in [-0.4, -0.2) is 28.1 Å². The van der Waals surface area contributed by atoms with E-state index in [-0.39, 0.29) is 23.4 Å². The van der Waals surface area contributed by atoms with E-state index < -0.39 is 11.7 Å².